The summed E-state index contributed by atoms with van der Waals surface area (Å²) in [5.41, 5.74) is 0. The normalized spacial score (nSPS) is 35.0. The minimum absolute atomic E-state index is 0.315. The minimum Gasteiger partial charge on any atom is -0.374 e. The maximum Gasteiger partial charge on any atom is 0.250 e. The van der Waals surface area contributed by atoms with Crippen molar-refractivity contribution in [2.24, 2.45) is 0 Å². The van der Waals surface area contributed by atoms with Crippen molar-refractivity contribution in [2.45, 2.75) is 37.4 Å². The predicted octanol–water partition coefficient (Wildman–Crippen LogP) is 1.75. The van der Waals surface area contributed by atoms with Crippen molar-refractivity contribution < 1.29 is 9.26 Å². The summed E-state index contributed by atoms with van der Waals surface area (Å²) in [5, 5.41) is 3.95. The Bertz CT molecular complexity index is 361. The molecule has 0 aliphatic carbocycles. The zero-order chi connectivity index (χ0) is 9.54. The summed E-state index contributed by atoms with van der Waals surface area (Å²) in [6.45, 7) is 3.59. The lowest BCUT2D eigenvalue weighted by Crippen LogP contribution is -2.15. The van der Waals surface area contributed by atoms with Gasteiger partial charge in [-0.1, -0.05) is 11.7 Å². The van der Waals surface area contributed by atoms with Crippen molar-refractivity contribution in [2.75, 3.05) is 0 Å². The lowest BCUT2D eigenvalue weighted by molar-refractivity contribution is 0.0996. The first-order valence-corrected chi connectivity index (χ1v) is 4.98. The quantitative estimate of drug-likeness (QED) is 0.716. The Morgan fingerprint density at radius 1 is 1.43 bits per heavy atom. The molecule has 4 heteroatoms. The van der Waals surface area contributed by atoms with Gasteiger partial charge in [0.25, 0.3) is 0 Å². The Balaban J connectivity index is 1.85. The van der Waals surface area contributed by atoms with E-state index in [1.54, 1.807) is 6.08 Å². The molecule has 2 fully saturated rings. The molecule has 0 N–H and O–H groups in total. The van der Waals surface area contributed by atoms with E-state index >= 15 is 0 Å². The summed E-state index contributed by atoms with van der Waals surface area (Å²) < 4.78 is 10.7. The van der Waals surface area contributed by atoms with Gasteiger partial charge in [-0.25, -0.2) is 0 Å². The van der Waals surface area contributed by atoms with Gasteiger partial charge in [-0.05, 0) is 25.3 Å². The second-order valence-electron chi connectivity index (χ2n) is 3.91. The Morgan fingerprint density at radius 2 is 2.36 bits per heavy atom. The van der Waals surface area contributed by atoms with Crippen LogP contribution in [-0.2, 0) is 4.74 Å². The molecule has 2 aliphatic heterocycles. The molecule has 14 heavy (non-hydrogen) atoms. The van der Waals surface area contributed by atoms with E-state index in [0.717, 1.165) is 18.7 Å². The second kappa shape index (κ2) is 2.92. The van der Waals surface area contributed by atoms with Gasteiger partial charge < -0.3 is 9.26 Å². The van der Waals surface area contributed by atoms with Crippen molar-refractivity contribution >= 4 is 6.08 Å². The van der Waals surface area contributed by atoms with Crippen LogP contribution < -0.4 is 0 Å². The molecule has 4 nitrogen and oxygen atoms in total. The summed E-state index contributed by atoms with van der Waals surface area (Å²) in [6, 6.07) is 0. The molecule has 0 spiro atoms. The molecule has 1 aromatic heterocycles. The van der Waals surface area contributed by atoms with E-state index in [9.17, 15) is 0 Å². The smallest absolute Gasteiger partial charge is 0.250 e. The van der Waals surface area contributed by atoms with Gasteiger partial charge in [0.1, 0.15) is 0 Å². The third-order valence-corrected chi connectivity index (χ3v) is 3.07. The molecule has 3 unspecified atom stereocenters. The zero-order valence-electron chi connectivity index (χ0n) is 7.85. The molecule has 0 amide bonds. The average Bonchev–Trinajstić information content (AvgIpc) is 2.93. The van der Waals surface area contributed by atoms with E-state index in [2.05, 4.69) is 16.7 Å². The Hall–Kier alpha value is -1.16. The Morgan fingerprint density at radius 3 is 2.93 bits per heavy atom. The highest BCUT2D eigenvalue weighted by atomic mass is 16.5. The van der Waals surface area contributed by atoms with Crippen LogP contribution >= 0.6 is 0 Å². The first-order chi connectivity index (χ1) is 6.86. The van der Waals surface area contributed by atoms with E-state index in [-0.39, 0.29) is 0 Å². The number of ether oxygens (including phenoxy) is 1. The molecule has 3 atom stereocenters. The second-order valence-corrected chi connectivity index (χ2v) is 3.91. The SMILES string of the molecule is C=Cc1nc(C2CC3CCC2O3)no1. The van der Waals surface area contributed by atoms with Gasteiger partial charge in [-0.15, -0.1) is 0 Å². The van der Waals surface area contributed by atoms with Crippen molar-refractivity contribution in [1.82, 2.24) is 10.1 Å². The van der Waals surface area contributed by atoms with Crippen molar-refractivity contribution in [3.63, 3.8) is 0 Å². The van der Waals surface area contributed by atoms with Crippen molar-refractivity contribution in [1.29, 1.82) is 0 Å². The van der Waals surface area contributed by atoms with Crippen LogP contribution in [0.15, 0.2) is 11.1 Å². The maximum absolute atomic E-state index is 5.73. The maximum atomic E-state index is 5.73. The molecular formula is C10H12N2O2. The van der Waals surface area contributed by atoms with Gasteiger partial charge in [-0.2, -0.15) is 4.98 Å². The van der Waals surface area contributed by atoms with E-state index in [1.807, 2.05) is 0 Å². The predicted molar refractivity (Wildman–Crippen MR) is 49.6 cm³/mol. The molecular weight excluding hydrogens is 180 g/mol. The third-order valence-electron chi connectivity index (χ3n) is 3.07. The van der Waals surface area contributed by atoms with E-state index < -0.39 is 0 Å². The highest BCUT2D eigenvalue weighted by Gasteiger charge is 2.43. The molecule has 1 aromatic rings. The summed E-state index contributed by atoms with van der Waals surface area (Å²) in [7, 11) is 0. The molecule has 2 bridgehead atoms. The summed E-state index contributed by atoms with van der Waals surface area (Å²) >= 11 is 0. The molecule has 0 radical (unpaired) electrons. The van der Waals surface area contributed by atoms with E-state index in [4.69, 9.17) is 9.26 Å². The number of rotatable bonds is 2. The molecule has 0 saturated carbocycles. The summed E-state index contributed by atoms with van der Waals surface area (Å²) in [5.74, 6) is 1.63. The lowest BCUT2D eigenvalue weighted by atomic mass is 9.89. The number of fused-ring (bicyclic) bond motifs is 2. The van der Waals surface area contributed by atoms with Crippen LogP contribution in [0, 0.1) is 0 Å². The Kier molecular flexibility index (Phi) is 1.70. The third kappa shape index (κ3) is 1.10. The van der Waals surface area contributed by atoms with Crippen LogP contribution in [0.4, 0.5) is 0 Å². The van der Waals surface area contributed by atoms with Crippen LogP contribution in [0.1, 0.15) is 36.9 Å². The van der Waals surface area contributed by atoms with Gasteiger partial charge >= 0.3 is 0 Å². The molecule has 3 rings (SSSR count). The zero-order valence-corrected chi connectivity index (χ0v) is 7.85. The van der Waals surface area contributed by atoms with Gasteiger partial charge in [-0.3, -0.25) is 0 Å². The highest BCUT2D eigenvalue weighted by molar-refractivity contribution is 5.33. The largest absolute Gasteiger partial charge is 0.374 e. The van der Waals surface area contributed by atoms with Crippen LogP contribution in [0.3, 0.4) is 0 Å². The molecule has 2 saturated heterocycles. The van der Waals surface area contributed by atoms with Crippen molar-refractivity contribution in [3.05, 3.63) is 18.3 Å². The summed E-state index contributed by atoms with van der Waals surface area (Å²) in [4.78, 5) is 4.25. The topological polar surface area (TPSA) is 48.2 Å². The standard InChI is InChI=1S/C10H12N2O2/c1-2-9-11-10(12-14-9)7-5-6-3-4-8(7)13-6/h2,6-8H,1,3-5H2. The van der Waals surface area contributed by atoms with E-state index in [0.29, 0.717) is 24.0 Å². The van der Waals surface area contributed by atoms with Crippen LogP contribution in [0.2, 0.25) is 0 Å². The fraction of sp³-hybridized carbons (Fsp3) is 0.600. The molecule has 3 heterocycles. The number of hydrogen-bond donors (Lipinski definition) is 0. The molecule has 74 valence electrons. The van der Waals surface area contributed by atoms with Gasteiger partial charge in [0.15, 0.2) is 5.82 Å². The molecule has 0 aromatic carbocycles. The first-order valence-electron chi connectivity index (χ1n) is 4.98. The minimum atomic E-state index is 0.315. The summed E-state index contributed by atoms with van der Waals surface area (Å²) in [6.07, 6.45) is 5.68. The van der Waals surface area contributed by atoms with Gasteiger partial charge in [0.2, 0.25) is 5.89 Å². The van der Waals surface area contributed by atoms with Crippen LogP contribution in [0.5, 0.6) is 0 Å². The Labute approximate surface area is 81.9 Å². The lowest BCUT2D eigenvalue weighted by Gasteiger charge is -2.13. The molecule has 2 aliphatic rings. The number of aromatic nitrogens is 2. The number of nitrogens with zero attached hydrogens (tertiary/aromatic N) is 2. The highest BCUT2D eigenvalue weighted by Crippen LogP contribution is 2.43. The van der Waals surface area contributed by atoms with Gasteiger partial charge in [0, 0.05) is 0 Å². The van der Waals surface area contributed by atoms with Crippen LogP contribution in [-0.4, -0.2) is 22.3 Å². The average molecular weight is 192 g/mol. The van der Waals surface area contributed by atoms with E-state index in [1.165, 1.54) is 6.42 Å². The monoisotopic (exact) mass is 192 g/mol. The van der Waals surface area contributed by atoms with Crippen LogP contribution in [0.25, 0.3) is 6.08 Å². The fourth-order valence-corrected chi connectivity index (χ4v) is 2.39. The van der Waals surface area contributed by atoms with Crippen molar-refractivity contribution in [3.8, 4) is 0 Å². The number of hydrogen-bond acceptors (Lipinski definition) is 4. The fourth-order valence-electron chi connectivity index (χ4n) is 2.39. The van der Waals surface area contributed by atoms with Gasteiger partial charge in [0.05, 0.1) is 18.1 Å². The first kappa shape index (κ1) is 8.17.